The predicted octanol–water partition coefficient (Wildman–Crippen LogP) is 3.16. The van der Waals surface area contributed by atoms with Gasteiger partial charge < -0.3 is 0 Å². The molecule has 0 spiro atoms. The number of pyridine rings is 1. The number of aryl methyl sites for hydroxylation is 1. The molecule has 7 heteroatoms. The van der Waals surface area contributed by atoms with Crippen LogP contribution in [0.5, 0.6) is 0 Å². The van der Waals surface area contributed by atoms with E-state index in [4.69, 9.17) is 0 Å². The minimum absolute atomic E-state index is 0.216. The molecule has 2 aromatic rings. The van der Waals surface area contributed by atoms with Crippen LogP contribution in [0.15, 0.2) is 16.7 Å². The summed E-state index contributed by atoms with van der Waals surface area (Å²) in [5.41, 5.74) is 1.42. The molecule has 0 amide bonds. The zero-order valence-electron chi connectivity index (χ0n) is 8.92. The maximum atomic E-state index is 12.2. The number of hydrogen-bond acceptors (Lipinski definition) is 2. The average Bonchev–Trinajstić information content (AvgIpc) is 2.57. The van der Waals surface area contributed by atoms with Gasteiger partial charge in [-0.2, -0.15) is 13.2 Å². The van der Waals surface area contributed by atoms with E-state index in [1.807, 2.05) is 13.0 Å². The van der Waals surface area contributed by atoms with Crippen LogP contribution < -0.4 is 0 Å². The standard InChI is InChI=1S/C10H9BrF3N3/c1-2-6-3-7(11)17-9(4-6)15-8(16-17)5-10(12,13)14/h3-4H,2,5H2,1H3. The first-order valence-corrected chi connectivity index (χ1v) is 5.79. The van der Waals surface area contributed by atoms with E-state index >= 15 is 0 Å². The van der Waals surface area contributed by atoms with Crippen LogP contribution in [0.1, 0.15) is 18.3 Å². The van der Waals surface area contributed by atoms with E-state index in [1.165, 1.54) is 4.52 Å². The summed E-state index contributed by atoms with van der Waals surface area (Å²) < 4.78 is 38.6. The lowest BCUT2D eigenvalue weighted by atomic mass is 10.2. The molecule has 17 heavy (non-hydrogen) atoms. The molecule has 0 fully saturated rings. The Labute approximate surface area is 104 Å². The molecule has 0 saturated heterocycles. The molecule has 0 aliphatic heterocycles. The Hall–Kier alpha value is -1.11. The second kappa shape index (κ2) is 4.29. The first-order valence-electron chi connectivity index (χ1n) is 5.00. The fraction of sp³-hybridized carbons (Fsp3) is 0.400. The summed E-state index contributed by atoms with van der Waals surface area (Å²) >= 11 is 3.26. The van der Waals surface area contributed by atoms with Crippen molar-refractivity contribution in [1.29, 1.82) is 0 Å². The zero-order valence-corrected chi connectivity index (χ0v) is 10.5. The van der Waals surface area contributed by atoms with Crippen LogP contribution >= 0.6 is 15.9 Å². The molecular formula is C10H9BrF3N3. The molecule has 2 rings (SSSR count). The normalized spacial score (nSPS) is 12.3. The second-order valence-electron chi connectivity index (χ2n) is 3.63. The van der Waals surface area contributed by atoms with Crippen LogP contribution in [-0.4, -0.2) is 20.8 Å². The zero-order chi connectivity index (χ0) is 12.6. The first-order chi connectivity index (χ1) is 7.89. The van der Waals surface area contributed by atoms with Crippen LogP contribution in [0.3, 0.4) is 0 Å². The van der Waals surface area contributed by atoms with Crippen LogP contribution in [0.2, 0.25) is 0 Å². The summed E-state index contributed by atoms with van der Waals surface area (Å²) in [5, 5.41) is 3.81. The minimum Gasteiger partial charge on any atom is -0.212 e. The van der Waals surface area contributed by atoms with Gasteiger partial charge in [-0.3, -0.25) is 0 Å². The topological polar surface area (TPSA) is 30.2 Å². The van der Waals surface area contributed by atoms with Crippen molar-refractivity contribution in [3.8, 4) is 0 Å². The van der Waals surface area contributed by atoms with Crippen molar-refractivity contribution in [1.82, 2.24) is 14.6 Å². The molecule has 3 nitrogen and oxygen atoms in total. The Bertz CT molecular complexity index is 547. The summed E-state index contributed by atoms with van der Waals surface area (Å²) in [6.07, 6.45) is -4.61. The predicted molar refractivity (Wildman–Crippen MR) is 59.8 cm³/mol. The van der Waals surface area contributed by atoms with Gasteiger partial charge in [0.2, 0.25) is 0 Å². The number of halogens is 4. The van der Waals surface area contributed by atoms with Gasteiger partial charge in [-0.15, -0.1) is 5.10 Å². The molecule has 0 radical (unpaired) electrons. The minimum atomic E-state index is -4.29. The molecule has 92 valence electrons. The van der Waals surface area contributed by atoms with E-state index in [1.54, 1.807) is 6.07 Å². The molecule has 0 aliphatic carbocycles. The van der Waals surface area contributed by atoms with Gasteiger partial charge in [-0.1, -0.05) is 6.92 Å². The fourth-order valence-electron chi connectivity index (χ4n) is 1.50. The van der Waals surface area contributed by atoms with Crippen molar-refractivity contribution in [3.63, 3.8) is 0 Å². The average molecular weight is 308 g/mol. The smallest absolute Gasteiger partial charge is 0.212 e. The van der Waals surface area contributed by atoms with Crippen molar-refractivity contribution in [2.75, 3.05) is 0 Å². The van der Waals surface area contributed by atoms with E-state index < -0.39 is 12.6 Å². The van der Waals surface area contributed by atoms with E-state index in [9.17, 15) is 13.2 Å². The van der Waals surface area contributed by atoms with Crippen LogP contribution in [0, 0.1) is 0 Å². The summed E-state index contributed by atoms with van der Waals surface area (Å²) in [4.78, 5) is 3.87. The van der Waals surface area contributed by atoms with Gasteiger partial charge >= 0.3 is 6.18 Å². The van der Waals surface area contributed by atoms with Crippen molar-refractivity contribution in [3.05, 3.63) is 28.1 Å². The Morgan fingerprint density at radius 1 is 1.35 bits per heavy atom. The number of rotatable bonds is 2. The lowest BCUT2D eigenvalue weighted by Crippen LogP contribution is -2.12. The monoisotopic (exact) mass is 307 g/mol. The highest BCUT2D eigenvalue weighted by Gasteiger charge is 2.30. The van der Waals surface area contributed by atoms with Gasteiger partial charge in [-0.25, -0.2) is 9.50 Å². The Kier molecular flexibility index (Phi) is 3.11. The van der Waals surface area contributed by atoms with Crippen molar-refractivity contribution in [2.45, 2.75) is 25.9 Å². The maximum absolute atomic E-state index is 12.2. The first kappa shape index (κ1) is 12.3. The molecule has 0 bridgehead atoms. The van der Waals surface area contributed by atoms with Crippen molar-refractivity contribution < 1.29 is 13.2 Å². The molecule has 2 heterocycles. The molecule has 0 N–H and O–H groups in total. The number of fused-ring (bicyclic) bond motifs is 1. The highest BCUT2D eigenvalue weighted by atomic mass is 79.9. The lowest BCUT2D eigenvalue weighted by Gasteiger charge is -2.00. The third-order valence-corrected chi connectivity index (χ3v) is 2.83. The largest absolute Gasteiger partial charge is 0.396 e. The van der Waals surface area contributed by atoms with E-state index in [0.29, 0.717) is 10.3 Å². The van der Waals surface area contributed by atoms with Gasteiger partial charge in [0, 0.05) is 0 Å². The van der Waals surface area contributed by atoms with Crippen LogP contribution in [0.4, 0.5) is 13.2 Å². The SMILES string of the molecule is CCc1cc(Br)n2nc(CC(F)(F)F)nc2c1. The highest BCUT2D eigenvalue weighted by molar-refractivity contribution is 9.10. The van der Waals surface area contributed by atoms with Gasteiger partial charge in [0.15, 0.2) is 11.5 Å². The highest BCUT2D eigenvalue weighted by Crippen LogP contribution is 2.21. The third-order valence-electron chi connectivity index (χ3n) is 2.26. The number of alkyl halides is 3. The molecule has 0 aromatic carbocycles. The molecule has 0 unspecified atom stereocenters. The fourth-order valence-corrected chi connectivity index (χ4v) is 2.05. The molecule has 0 saturated carbocycles. The van der Waals surface area contributed by atoms with Crippen LogP contribution in [-0.2, 0) is 12.8 Å². The third kappa shape index (κ3) is 2.77. The summed E-state index contributed by atoms with van der Waals surface area (Å²) in [6.45, 7) is 1.96. The summed E-state index contributed by atoms with van der Waals surface area (Å²) in [7, 11) is 0. The van der Waals surface area contributed by atoms with Crippen molar-refractivity contribution in [2.24, 2.45) is 0 Å². The second-order valence-corrected chi connectivity index (χ2v) is 4.44. The number of nitrogens with zero attached hydrogens (tertiary/aromatic N) is 3. The lowest BCUT2D eigenvalue weighted by molar-refractivity contribution is -0.128. The number of aromatic nitrogens is 3. The van der Waals surface area contributed by atoms with E-state index in [-0.39, 0.29) is 5.82 Å². The van der Waals surface area contributed by atoms with Gasteiger partial charge in [0.25, 0.3) is 0 Å². The summed E-state index contributed by atoms with van der Waals surface area (Å²) in [6, 6.07) is 3.55. The quantitative estimate of drug-likeness (QED) is 0.798. The Balaban J connectivity index is 2.46. The molecule has 0 atom stereocenters. The van der Waals surface area contributed by atoms with E-state index in [0.717, 1.165) is 12.0 Å². The maximum Gasteiger partial charge on any atom is 0.396 e. The molecule has 0 aliphatic rings. The molecule has 2 aromatic heterocycles. The van der Waals surface area contributed by atoms with Crippen LogP contribution in [0.25, 0.3) is 5.65 Å². The van der Waals surface area contributed by atoms with Gasteiger partial charge in [0.1, 0.15) is 11.0 Å². The Morgan fingerprint density at radius 3 is 2.65 bits per heavy atom. The Morgan fingerprint density at radius 2 is 2.06 bits per heavy atom. The van der Waals surface area contributed by atoms with E-state index in [2.05, 4.69) is 26.0 Å². The van der Waals surface area contributed by atoms with Crippen molar-refractivity contribution >= 4 is 21.6 Å². The van der Waals surface area contributed by atoms with Gasteiger partial charge in [0.05, 0.1) is 0 Å². The number of hydrogen-bond donors (Lipinski definition) is 0. The summed E-state index contributed by atoms with van der Waals surface area (Å²) in [5.74, 6) is -0.216. The molecular weight excluding hydrogens is 299 g/mol. The van der Waals surface area contributed by atoms with Gasteiger partial charge in [-0.05, 0) is 40.0 Å².